The van der Waals surface area contributed by atoms with Crippen LogP contribution in [0.15, 0.2) is 30.3 Å². The summed E-state index contributed by atoms with van der Waals surface area (Å²) < 4.78 is 10.5. The third kappa shape index (κ3) is 4.35. The van der Waals surface area contributed by atoms with E-state index in [1.165, 1.54) is 0 Å². The minimum absolute atomic E-state index is 0.0981. The molecule has 0 radical (unpaired) electrons. The fourth-order valence-corrected chi connectivity index (χ4v) is 2.75. The van der Waals surface area contributed by atoms with E-state index in [1.54, 1.807) is 4.90 Å². The third-order valence-corrected chi connectivity index (χ3v) is 4.05. The molecule has 1 atom stereocenters. The van der Waals surface area contributed by atoms with E-state index < -0.39 is 0 Å². The smallest absolute Gasteiger partial charge is 0.410 e. The fraction of sp³-hybridized carbons (Fsp3) is 0.500. The largest absolute Gasteiger partial charge is 0.445 e. The maximum Gasteiger partial charge on any atom is 0.410 e. The Morgan fingerprint density at radius 1 is 1.22 bits per heavy atom. The van der Waals surface area contributed by atoms with Crippen molar-refractivity contribution in [3.8, 4) is 0 Å². The first-order valence-electron chi connectivity index (χ1n) is 7.83. The van der Waals surface area contributed by atoms with E-state index in [1.807, 2.05) is 30.3 Å². The highest BCUT2D eigenvalue weighted by molar-refractivity contribution is 5.69. The lowest BCUT2D eigenvalue weighted by molar-refractivity contribution is 0.0567. The van der Waals surface area contributed by atoms with Gasteiger partial charge in [0.15, 0.2) is 0 Å². The zero-order chi connectivity index (χ0) is 16.1. The predicted molar refractivity (Wildman–Crippen MR) is 82.9 cm³/mol. The zero-order valence-electron chi connectivity index (χ0n) is 12.9. The summed E-state index contributed by atoms with van der Waals surface area (Å²) in [5, 5.41) is 2.65. The summed E-state index contributed by atoms with van der Waals surface area (Å²) in [4.78, 5) is 27.0. The highest BCUT2D eigenvalue weighted by Gasteiger charge is 2.28. The molecule has 1 unspecified atom stereocenters. The molecule has 124 valence electrons. The van der Waals surface area contributed by atoms with E-state index in [2.05, 4.69) is 10.2 Å². The Morgan fingerprint density at radius 2 is 1.96 bits per heavy atom. The fourth-order valence-electron chi connectivity index (χ4n) is 2.75. The lowest BCUT2D eigenvalue weighted by Crippen LogP contribution is -2.50. The second kappa shape index (κ2) is 7.32. The average molecular weight is 319 g/mol. The summed E-state index contributed by atoms with van der Waals surface area (Å²) in [7, 11) is 0. The van der Waals surface area contributed by atoms with Crippen molar-refractivity contribution in [1.29, 1.82) is 0 Å². The summed E-state index contributed by atoms with van der Waals surface area (Å²) >= 11 is 0. The molecule has 2 aliphatic heterocycles. The molecule has 1 aromatic carbocycles. The molecule has 7 heteroatoms. The van der Waals surface area contributed by atoms with E-state index in [-0.39, 0.29) is 18.3 Å². The van der Waals surface area contributed by atoms with Gasteiger partial charge in [-0.1, -0.05) is 30.3 Å². The van der Waals surface area contributed by atoms with Gasteiger partial charge in [0.25, 0.3) is 0 Å². The molecule has 0 aliphatic carbocycles. The summed E-state index contributed by atoms with van der Waals surface area (Å²) in [6, 6.07) is 9.64. The molecular formula is C16H21N3O4. The Balaban J connectivity index is 1.38. The van der Waals surface area contributed by atoms with Crippen LogP contribution in [0.1, 0.15) is 5.56 Å². The molecule has 0 spiro atoms. The van der Waals surface area contributed by atoms with Crippen LogP contribution in [0.2, 0.25) is 0 Å². The topological polar surface area (TPSA) is 71.1 Å². The van der Waals surface area contributed by atoms with Crippen molar-refractivity contribution in [2.24, 2.45) is 0 Å². The van der Waals surface area contributed by atoms with Gasteiger partial charge in [0.05, 0.1) is 6.54 Å². The van der Waals surface area contributed by atoms with Crippen LogP contribution in [0.25, 0.3) is 0 Å². The molecule has 3 rings (SSSR count). The SMILES string of the molecule is O=C1NCC(CN2CCN(C(=O)OCc3ccccc3)CC2)O1. The first kappa shape index (κ1) is 15.6. The molecule has 2 saturated heterocycles. The summed E-state index contributed by atoms with van der Waals surface area (Å²) in [6.07, 6.45) is -0.723. The van der Waals surface area contributed by atoms with Crippen LogP contribution in [0, 0.1) is 0 Å². The molecule has 0 bridgehead atoms. The number of carbonyl (C=O) groups excluding carboxylic acids is 2. The van der Waals surface area contributed by atoms with Gasteiger partial charge in [-0.25, -0.2) is 9.59 Å². The number of rotatable bonds is 4. The van der Waals surface area contributed by atoms with Gasteiger partial charge in [0, 0.05) is 32.7 Å². The van der Waals surface area contributed by atoms with Crippen molar-refractivity contribution in [3.05, 3.63) is 35.9 Å². The molecule has 1 N–H and O–H groups in total. The van der Waals surface area contributed by atoms with E-state index in [0.717, 1.165) is 18.7 Å². The summed E-state index contributed by atoms with van der Waals surface area (Å²) in [5.41, 5.74) is 0.982. The van der Waals surface area contributed by atoms with Gasteiger partial charge in [-0.3, -0.25) is 4.90 Å². The third-order valence-electron chi connectivity index (χ3n) is 4.05. The number of amides is 2. The summed E-state index contributed by atoms with van der Waals surface area (Å²) in [6.45, 7) is 4.32. The molecule has 1 aromatic rings. The van der Waals surface area contributed by atoms with Gasteiger partial charge >= 0.3 is 12.2 Å². The minimum atomic E-state index is -0.349. The first-order chi connectivity index (χ1) is 11.2. The molecule has 2 amide bonds. The maximum absolute atomic E-state index is 12.1. The molecule has 23 heavy (non-hydrogen) atoms. The molecule has 7 nitrogen and oxygen atoms in total. The van der Waals surface area contributed by atoms with Gasteiger partial charge in [-0.05, 0) is 5.56 Å². The van der Waals surface area contributed by atoms with Gasteiger partial charge in [0.2, 0.25) is 0 Å². The number of ether oxygens (including phenoxy) is 2. The number of alkyl carbamates (subject to hydrolysis) is 1. The number of nitrogens with one attached hydrogen (secondary N) is 1. The van der Waals surface area contributed by atoms with Gasteiger partial charge in [0.1, 0.15) is 12.7 Å². The Hall–Kier alpha value is -2.28. The number of hydrogen-bond donors (Lipinski definition) is 1. The van der Waals surface area contributed by atoms with Crippen molar-refractivity contribution in [3.63, 3.8) is 0 Å². The van der Waals surface area contributed by atoms with Crippen LogP contribution >= 0.6 is 0 Å². The Morgan fingerprint density at radius 3 is 2.61 bits per heavy atom. The number of hydrogen-bond acceptors (Lipinski definition) is 5. The predicted octanol–water partition coefficient (Wildman–Crippen LogP) is 1.05. The lowest BCUT2D eigenvalue weighted by Gasteiger charge is -2.34. The average Bonchev–Trinajstić information content (AvgIpc) is 2.99. The Kier molecular flexibility index (Phi) is 4.97. The molecular weight excluding hydrogens is 298 g/mol. The zero-order valence-corrected chi connectivity index (χ0v) is 12.9. The van der Waals surface area contributed by atoms with Gasteiger partial charge in [-0.15, -0.1) is 0 Å². The van der Waals surface area contributed by atoms with E-state index >= 15 is 0 Å². The maximum atomic E-state index is 12.1. The Labute approximate surface area is 135 Å². The molecule has 0 aromatic heterocycles. The van der Waals surface area contributed by atoms with E-state index in [4.69, 9.17) is 9.47 Å². The first-order valence-corrected chi connectivity index (χ1v) is 7.83. The quantitative estimate of drug-likeness (QED) is 0.898. The highest BCUT2D eigenvalue weighted by atomic mass is 16.6. The second-order valence-electron chi connectivity index (χ2n) is 5.74. The number of piperazine rings is 1. The second-order valence-corrected chi connectivity index (χ2v) is 5.74. The van der Waals surface area contributed by atoms with Crippen LogP contribution < -0.4 is 5.32 Å². The lowest BCUT2D eigenvalue weighted by atomic mass is 10.2. The van der Waals surface area contributed by atoms with Crippen LogP contribution in [-0.4, -0.2) is 67.4 Å². The Bertz CT molecular complexity index is 544. The van der Waals surface area contributed by atoms with Crippen LogP contribution in [0.3, 0.4) is 0 Å². The van der Waals surface area contributed by atoms with Crippen molar-refractivity contribution in [2.45, 2.75) is 12.7 Å². The van der Waals surface area contributed by atoms with Gasteiger partial charge in [-0.2, -0.15) is 0 Å². The minimum Gasteiger partial charge on any atom is -0.445 e. The summed E-state index contributed by atoms with van der Waals surface area (Å²) in [5.74, 6) is 0. The molecule has 2 fully saturated rings. The van der Waals surface area contributed by atoms with Crippen molar-refractivity contribution >= 4 is 12.2 Å². The normalized spacial score (nSPS) is 21.7. The van der Waals surface area contributed by atoms with Crippen molar-refractivity contribution < 1.29 is 19.1 Å². The number of carbonyl (C=O) groups is 2. The monoisotopic (exact) mass is 319 g/mol. The van der Waals surface area contributed by atoms with Crippen LogP contribution in [-0.2, 0) is 16.1 Å². The van der Waals surface area contributed by atoms with Crippen LogP contribution in [0.5, 0.6) is 0 Å². The highest BCUT2D eigenvalue weighted by Crippen LogP contribution is 2.09. The molecule has 2 heterocycles. The number of nitrogens with zero attached hydrogens (tertiary/aromatic N) is 2. The van der Waals surface area contributed by atoms with Crippen molar-refractivity contribution in [1.82, 2.24) is 15.1 Å². The van der Waals surface area contributed by atoms with E-state index in [0.29, 0.717) is 32.8 Å². The van der Waals surface area contributed by atoms with E-state index in [9.17, 15) is 9.59 Å². The van der Waals surface area contributed by atoms with Crippen molar-refractivity contribution in [2.75, 3.05) is 39.3 Å². The molecule has 2 aliphatic rings. The van der Waals surface area contributed by atoms with Crippen LogP contribution in [0.4, 0.5) is 9.59 Å². The van der Waals surface area contributed by atoms with Gasteiger partial charge < -0.3 is 19.7 Å². The standard InChI is InChI=1S/C16H21N3O4/c20-15-17-10-14(23-15)11-18-6-8-19(9-7-18)16(21)22-12-13-4-2-1-3-5-13/h1-5,14H,6-12H2,(H,17,20). The number of cyclic esters (lactones) is 1. The molecule has 0 saturated carbocycles. The number of benzene rings is 1.